The summed E-state index contributed by atoms with van der Waals surface area (Å²) in [7, 11) is 4.80. The number of benzene rings is 3. The standard InChI is InChI=1S/C39H45N5O6/c1-25-18-33(26(2)37(45)43(25)23-28-16-17-32(48-7)20-34(28)49-8)50-24-29-13-10-9-12-27(29)22-40-38(46)41-36-21-35(39(3,4)5)42-44(36)30-14-11-15-31(19-30)47-6/h9-21H,22-24H2,1-8H3,(H2,40,41,46). The summed E-state index contributed by atoms with van der Waals surface area (Å²) < 4.78 is 25.9. The van der Waals surface area contributed by atoms with E-state index in [9.17, 15) is 9.59 Å². The molecule has 0 radical (unpaired) electrons. The number of urea groups is 1. The number of aromatic nitrogens is 3. The largest absolute Gasteiger partial charge is 0.497 e. The van der Waals surface area contributed by atoms with E-state index >= 15 is 0 Å². The summed E-state index contributed by atoms with van der Waals surface area (Å²) in [5.41, 5.74) is 5.09. The summed E-state index contributed by atoms with van der Waals surface area (Å²) in [6.45, 7) is 10.7. The summed E-state index contributed by atoms with van der Waals surface area (Å²) >= 11 is 0. The van der Waals surface area contributed by atoms with E-state index in [2.05, 4.69) is 31.4 Å². The van der Waals surface area contributed by atoms with Gasteiger partial charge in [0.05, 0.1) is 44.8 Å². The Morgan fingerprint density at radius 2 is 1.52 bits per heavy atom. The zero-order valence-corrected chi connectivity index (χ0v) is 29.9. The van der Waals surface area contributed by atoms with Gasteiger partial charge in [-0.05, 0) is 55.3 Å². The lowest BCUT2D eigenvalue weighted by molar-refractivity contribution is 0.251. The number of hydrogen-bond acceptors (Lipinski definition) is 7. The third-order valence-corrected chi connectivity index (χ3v) is 8.48. The lowest BCUT2D eigenvalue weighted by Gasteiger charge is -2.18. The third-order valence-electron chi connectivity index (χ3n) is 8.48. The Morgan fingerprint density at radius 3 is 2.22 bits per heavy atom. The van der Waals surface area contributed by atoms with E-state index in [0.717, 1.165) is 33.8 Å². The Morgan fingerprint density at radius 1 is 0.800 bits per heavy atom. The topological polar surface area (TPSA) is 118 Å². The number of carbonyl (C=O) groups excluding carboxylic acids is 1. The summed E-state index contributed by atoms with van der Waals surface area (Å²) in [6, 6.07) is 24.1. The van der Waals surface area contributed by atoms with Crippen LogP contribution in [0, 0.1) is 13.8 Å². The van der Waals surface area contributed by atoms with Crippen molar-refractivity contribution in [3.63, 3.8) is 0 Å². The van der Waals surface area contributed by atoms with Crippen LogP contribution < -0.4 is 35.1 Å². The molecule has 0 saturated heterocycles. The second-order valence-corrected chi connectivity index (χ2v) is 13.0. The van der Waals surface area contributed by atoms with Gasteiger partial charge in [-0.1, -0.05) is 51.1 Å². The molecule has 0 unspecified atom stereocenters. The first kappa shape index (κ1) is 35.6. The van der Waals surface area contributed by atoms with Gasteiger partial charge in [0.1, 0.15) is 35.4 Å². The molecular formula is C39H45N5O6. The van der Waals surface area contributed by atoms with Crippen molar-refractivity contribution >= 4 is 11.8 Å². The maximum atomic E-state index is 13.5. The molecule has 3 aromatic carbocycles. The number of aryl methyl sites for hydroxylation is 1. The molecule has 2 heterocycles. The minimum absolute atomic E-state index is 0.146. The maximum Gasteiger partial charge on any atom is 0.320 e. The number of nitrogens with zero attached hydrogens (tertiary/aromatic N) is 3. The lowest BCUT2D eigenvalue weighted by atomic mass is 9.92. The van der Waals surface area contributed by atoms with Crippen molar-refractivity contribution < 1.29 is 23.7 Å². The van der Waals surface area contributed by atoms with Crippen LogP contribution in [0.4, 0.5) is 10.6 Å². The SMILES string of the molecule is COc1cccc(-n2nc(C(C)(C)C)cc2NC(=O)NCc2ccccc2COc2cc(C)n(Cc3ccc(OC)cc3OC)c(=O)c2C)c1. The quantitative estimate of drug-likeness (QED) is 0.147. The van der Waals surface area contributed by atoms with Crippen molar-refractivity contribution in [2.75, 3.05) is 26.6 Å². The number of rotatable bonds is 12. The zero-order chi connectivity index (χ0) is 36.0. The molecule has 11 heteroatoms. The molecule has 0 aliphatic rings. The van der Waals surface area contributed by atoms with Crippen LogP contribution in [0.1, 0.15) is 54.4 Å². The van der Waals surface area contributed by atoms with E-state index in [0.29, 0.717) is 40.9 Å². The second-order valence-electron chi connectivity index (χ2n) is 13.0. The zero-order valence-electron chi connectivity index (χ0n) is 29.9. The minimum atomic E-state index is -0.381. The molecule has 2 N–H and O–H groups in total. The highest BCUT2D eigenvalue weighted by molar-refractivity contribution is 5.88. The van der Waals surface area contributed by atoms with Gasteiger partial charge in [0.25, 0.3) is 5.56 Å². The predicted octanol–water partition coefficient (Wildman–Crippen LogP) is 6.92. The monoisotopic (exact) mass is 679 g/mol. The predicted molar refractivity (Wildman–Crippen MR) is 194 cm³/mol. The van der Waals surface area contributed by atoms with Crippen LogP contribution in [0.2, 0.25) is 0 Å². The Kier molecular flexibility index (Phi) is 10.8. The fourth-order valence-electron chi connectivity index (χ4n) is 5.48. The van der Waals surface area contributed by atoms with Crippen molar-refractivity contribution in [2.24, 2.45) is 0 Å². The number of hydrogen-bond donors (Lipinski definition) is 2. The average Bonchev–Trinajstić information content (AvgIpc) is 3.55. The van der Waals surface area contributed by atoms with E-state index in [1.54, 1.807) is 43.6 Å². The van der Waals surface area contributed by atoms with E-state index < -0.39 is 0 Å². The van der Waals surface area contributed by atoms with Crippen LogP contribution in [0.5, 0.6) is 23.0 Å². The summed E-state index contributed by atoms with van der Waals surface area (Å²) in [5, 5.41) is 10.7. The van der Waals surface area contributed by atoms with Crippen LogP contribution in [-0.4, -0.2) is 41.7 Å². The summed E-state index contributed by atoms with van der Waals surface area (Å²) in [5.74, 6) is 3.04. The first-order chi connectivity index (χ1) is 23.9. The molecule has 11 nitrogen and oxygen atoms in total. The molecule has 0 aliphatic carbocycles. The third kappa shape index (κ3) is 8.11. The van der Waals surface area contributed by atoms with Gasteiger partial charge < -0.3 is 28.8 Å². The van der Waals surface area contributed by atoms with Gasteiger partial charge in [-0.15, -0.1) is 0 Å². The second kappa shape index (κ2) is 15.2. The summed E-state index contributed by atoms with van der Waals surface area (Å²) in [4.78, 5) is 26.7. The molecule has 0 aliphatic heterocycles. The number of carbonyl (C=O) groups is 1. The lowest BCUT2D eigenvalue weighted by Crippen LogP contribution is -2.29. The van der Waals surface area contributed by atoms with E-state index in [-0.39, 0.29) is 30.2 Å². The molecule has 0 bridgehead atoms. The number of methoxy groups -OCH3 is 3. The Bertz CT molecular complexity index is 2040. The Hall–Kier alpha value is -5.71. The van der Waals surface area contributed by atoms with Crippen LogP contribution >= 0.6 is 0 Å². The first-order valence-electron chi connectivity index (χ1n) is 16.3. The molecule has 50 heavy (non-hydrogen) atoms. The van der Waals surface area contributed by atoms with Crippen molar-refractivity contribution in [1.29, 1.82) is 0 Å². The number of ether oxygens (including phenoxy) is 4. The molecule has 0 spiro atoms. The van der Waals surface area contributed by atoms with Crippen molar-refractivity contribution in [2.45, 2.75) is 59.7 Å². The van der Waals surface area contributed by atoms with Crippen LogP contribution in [0.15, 0.2) is 83.7 Å². The van der Waals surface area contributed by atoms with Gasteiger partial charge in [0.2, 0.25) is 0 Å². The van der Waals surface area contributed by atoms with Gasteiger partial charge >= 0.3 is 6.03 Å². The molecule has 0 saturated carbocycles. The molecular weight excluding hydrogens is 634 g/mol. The van der Waals surface area contributed by atoms with Crippen LogP contribution in [-0.2, 0) is 25.1 Å². The average molecular weight is 680 g/mol. The van der Waals surface area contributed by atoms with E-state index in [4.69, 9.17) is 24.0 Å². The fraction of sp³-hybridized carbons (Fsp3) is 0.308. The van der Waals surface area contributed by atoms with E-state index in [1.807, 2.05) is 79.7 Å². The molecule has 5 aromatic rings. The van der Waals surface area contributed by atoms with Crippen LogP contribution in [0.3, 0.4) is 0 Å². The highest BCUT2D eigenvalue weighted by atomic mass is 16.5. The van der Waals surface area contributed by atoms with Crippen molar-refractivity contribution in [3.8, 4) is 28.7 Å². The van der Waals surface area contributed by atoms with Crippen LogP contribution in [0.25, 0.3) is 5.69 Å². The molecule has 2 amide bonds. The van der Waals surface area contributed by atoms with Gasteiger partial charge in [0.15, 0.2) is 0 Å². The normalized spacial score (nSPS) is 11.2. The highest BCUT2D eigenvalue weighted by Crippen LogP contribution is 2.29. The minimum Gasteiger partial charge on any atom is -0.497 e. The maximum absolute atomic E-state index is 13.5. The fourth-order valence-corrected chi connectivity index (χ4v) is 5.48. The number of amides is 2. The highest BCUT2D eigenvalue weighted by Gasteiger charge is 2.22. The number of anilines is 1. The smallest absolute Gasteiger partial charge is 0.320 e. The number of nitrogens with one attached hydrogen (secondary N) is 2. The van der Waals surface area contributed by atoms with Gasteiger partial charge in [0, 0.05) is 41.4 Å². The Labute approximate surface area is 292 Å². The molecule has 5 rings (SSSR count). The van der Waals surface area contributed by atoms with Crippen molar-refractivity contribution in [1.82, 2.24) is 19.7 Å². The van der Waals surface area contributed by atoms with E-state index in [1.165, 1.54) is 0 Å². The molecule has 262 valence electrons. The van der Waals surface area contributed by atoms with Gasteiger partial charge in [-0.3, -0.25) is 10.1 Å². The summed E-state index contributed by atoms with van der Waals surface area (Å²) in [6.07, 6.45) is 0. The van der Waals surface area contributed by atoms with Crippen molar-refractivity contribution in [3.05, 3.63) is 123 Å². The number of pyridine rings is 1. The van der Waals surface area contributed by atoms with Gasteiger partial charge in [-0.2, -0.15) is 5.10 Å². The Balaban J connectivity index is 1.28. The molecule has 2 aromatic heterocycles. The van der Waals surface area contributed by atoms with Gasteiger partial charge in [-0.25, -0.2) is 9.48 Å². The molecule has 0 atom stereocenters. The molecule has 0 fully saturated rings. The first-order valence-corrected chi connectivity index (χ1v) is 16.3.